The Kier molecular flexibility index (Phi) is 5.63. The molecule has 184 valence electrons. The number of nitrogens with one attached hydrogen (secondary N) is 1. The van der Waals surface area contributed by atoms with Gasteiger partial charge in [-0.3, -0.25) is 4.79 Å². The number of anilines is 1. The number of alkyl halides is 3. The van der Waals surface area contributed by atoms with Gasteiger partial charge in [-0.2, -0.15) is 17.5 Å². The quantitative estimate of drug-likeness (QED) is 0.618. The molecule has 8 nitrogen and oxygen atoms in total. The Labute approximate surface area is 190 Å². The minimum Gasteiger partial charge on any atom is -0.503 e. The van der Waals surface area contributed by atoms with E-state index in [1.165, 1.54) is 34.5 Å². The summed E-state index contributed by atoms with van der Waals surface area (Å²) in [7, 11) is -1.99. The van der Waals surface area contributed by atoms with Gasteiger partial charge in [0.25, 0.3) is 5.91 Å². The first-order valence-corrected chi connectivity index (χ1v) is 11.6. The molecular weight excluding hydrogens is 489 g/mol. The first kappa shape index (κ1) is 24.0. The minimum atomic E-state index is -5.19. The number of carbonyl (C=O) groups excluding carboxylic acids is 1. The molecule has 34 heavy (non-hydrogen) atoms. The summed E-state index contributed by atoms with van der Waals surface area (Å²) in [5.74, 6) is -5.91. The minimum absolute atomic E-state index is 0.118. The predicted octanol–water partition coefficient (Wildman–Crippen LogP) is 2.59. The summed E-state index contributed by atoms with van der Waals surface area (Å²) in [6.45, 7) is 0.241. The van der Waals surface area contributed by atoms with Crippen LogP contribution in [0.3, 0.4) is 0 Å². The van der Waals surface area contributed by atoms with Crippen LogP contribution in [0.2, 0.25) is 0 Å². The summed E-state index contributed by atoms with van der Waals surface area (Å²) < 4.78 is 97.4. The highest BCUT2D eigenvalue weighted by Crippen LogP contribution is 2.46. The smallest absolute Gasteiger partial charge is 0.419 e. The van der Waals surface area contributed by atoms with Gasteiger partial charge in [-0.05, 0) is 24.3 Å². The van der Waals surface area contributed by atoms with E-state index in [9.17, 15) is 40.3 Å². The number of carbonyl (C=O) groups is 1. The van der Waals surface area contributed by atoms with Crippen molar-refractivity contribution >= 4 is 21.6 Å². The Balaban J connectivity index is 1.56. The number of hydrogen-bond donors (Lipinski definition) is 2. The van der Waals surface area contributed by atoms with Gasteiger partial charge in [0.05, 0.1) is 29.1 Å². The topological polar surface area (TPSA) is 99.2 Å². The summed E-state index contributed by atoms with van der Waals surface area (Å²) in [6, 6.07) is 3.93. The number of aromatic hydroxyl groups is 1. The van der Waals surface area contributed by atoms with E-state index in [0.717, 1.165) is 6.26 Å². The van der Waals surface area contributed by atoms with Crippen LogP contribution in [0.5, 0.6) is 11.5 Å². The maximum atomic E-state index is 14.5. The first-order valence-electron chi connectivity index (χ1n) is 9.76. The fourth-order valence-corrected chi connectivity index (χ4v) is 4.63. The highest BCUT2D eigenvalue weighted by atomic mass is 32.2. The van der Waals surface area contributed by atoms with Crippen LogP contribution in [0.1, 0.15) is 27.7 Å². The number of benzene rings is 2. The molecule has 1 atom stereocenters. The lowest BCUT2D eigenvalue weighted by Crippen LogP contribution is -2.60. The average molecular weight is 507 g/mol. The zero-order chi connectivity index (χ0) is 25.2. The monoisotopic (exact) mass is 507 g/mol. The molecule has 2 aliphatic rings. The zero-order valence-corrected chi connectivity index (χ0v) is 18.5. The largest absolute Gasteiger partial charge is 0.503 e. The molecule has 14 heteroatoms. The van der Waals surface area contributed by atoms with Crippen molar-refractivity contribution in [2.45, 2.75) is 18.4 Å². The van der Waals surface area contributed by atoms with Crippen molar-refractivity contribution in [1.29, 1.82) is 0 Å². The summed E-state index contributed by atoms with van der Waals surface area (Å²) in [4.78, 5) is 13.8. The number of amides is 1. The fraction of sp³-hybridized carbons (Fsp3) is 0.350. The second kappa shape index (κ2) is 7.98. The van der Waals surface area contributed by atoms with Crippen LogP contribution in [-0.2, 0) is 16.2 Å². The highest BCUT2D eigenvalue weighted by molar-refractivity contribution is 7.88. The maximum Gasteiger partial charge on any atom is 0.419 e. The van der Waals surface area contributed by atoms with E-state index in [1.807, 2.05) is 0 Å². The average Bonchev–Trinajstić information content (AvgIpc) is 3.02. The third kappa shape index (κ3) is 4.11. The predicted molar refractivity (Wildman–Crippen MR) is 109 cm³/mol. The number of sulfonamides is 1. The number of hydrogen-bond acceptors (Lipinski definition) is 6. The van der Waals surface area contributed by atoms with Crippen LogP contribution in [-0.4, -0.2) is 56.2 Å². The van der Waals surface area contributed by atoms with Crippen molar-refractivity contribution in [1.82, 2.24) is 9.62 Å². The Morgan fingerprint density at radius 2 is 1.82 bits per heavy atom. The van der Waals surface area contributed by atoms with Crippen LogP contribution in [0.4, 0.5) is 27.6 Å². The Bertz CT molecular complexity index is 1280. The molecule has 2 aromatic carbocycles. The number of halogens is 5. The van der Waals surface area contributed by atoms with E-state index in [4.69, 9.17) is 4.74 Å². The van der Waals surface area contributed by atoms with Crippen LogP contribution in [0.25, 0.3) is 0 Å². The Morgan fingerprint density at radius 3 is 2.41 bits per heavy atom. The molecule has 0 spiro atoms. The molecule has 2 N–H and O–H groups in total. The van der Waals surface area contributed by atoms with Crippen LogP contribution >= 0.6 is 0 Å². The summed E-state index contributed by atoms with van der Waals surface area (Å²) >= 11 is 0. The SMILES string of the molecule is CN1c2cc(C(=O)NC3CN(S(C)(=O)=O)C3)ccc2OC1c1cc(C(F)(F)F)c(F)c(O)c1F. The fourth-order valence-electron chi connectivity index (χ4n) is 3.73. The van der Waals surface area contributed by atoms with E-state index in [-0.39, 0.29) is 36.2 Å². The normalized spacial score (nSPS) is 18.9. The van der Waals surface area contributed by atoms with Crippen molar-refractivity contribution in [3.05, 3.63) is 52.6 Å². The van der Waals surface area contributed by atoms with Gasteiger partial charge < -0.3 is 20.1 Å². The van der Waals surface area contributed by atoms with Crippen molar-refractivity contribution < 1.29 is 45.0 Å². The van der Waals surface area contributed by atoms with Gasteiger partial charge in [0, 0.05) is 25.7 Å². The summed E-state index contributed by atoms with van der Waals surface area (Å²) in [5.41, 5.74) is -2.21. The van der Waals surface area contributed by atoms with Gasteiger partial charge in [-0.15, -0.1) is 0 Å². The third-order valence-corrected chi connectivity index (χ3v) is 6.86. The van der Waals surface area contributed by atoms with E-state index in [1.54, 1.807) is 0 Å². The molecule has 4 rings (SSSR count). The molecule has 1 unspecified atom stereocenters. The molecule has 0 saturated carbocycles. The second-order valence-corrected chi connectivity index (χ2v) is 9.98. The number of ether oxygens (including phenoxy) is 1. The third-order valence-electron chi connectivity index (χ3n) is 5.62. The Hall–Kier alpha value is -3.13. The van der Waals surface area contributed by atoms with E-state index in [0.29, 0.717) is 0 Å². The maximum absolute atomic E-state index is 14.5. The number of phenols is 1. The van der Waals surface area contributed by atoms with Gasteiger partial charge in [0.15, 0.2) is 17.4 Å². The second-order valence-electron chi connectivity index (χ2n) is 8.00. The van der Waals surface area contributed by atoms with Crippen LogP contribution in [0, 0.1) is 11.6 Å². The lowest BCUT2D eigenvalue weighted by molar-refractivity contribution is -0.140. The molecule has 0 aromatic heterocycles. The molecule has 2 heterocycles. The van der Waals surface area contributed by atoms with Crippen LogP contribution < -0.4 is 15.0 Å². The van der Waals surface area contributed by atoms with Gasteiger partial charge in [0.1, 0.15) is 5.75 Å². The summed E-state index contributed by atoms with van der Waals surface area (Å²) in [6.07, 6.45) is -5.61. The zero-order valence-electron chi connectivity index (χ0n) is 17.7. The van der Waals surface area contributed by atoms with Gasteiger partial charge in [-0.1, -0.05) is 0 Å². The van der Waals surface area contributed by atoms with Crippen molar-refractivity contribution in [3.63, 3.8) is 0 Å². The molecule has 0 radical (unpaired) electrons. The van der Waals surface area contributed by atoms with E-state index < -0.39 is 62.9 Å². The van der Waals surface area contributed by atoms with Crippen LogP contribution in [0.15, 0.2) is 24.3 Å². The molecule has 0 aliphatic carbocycles. The molecule has 1 saturated heterocycles. The number of phenolic OH excluding ortho intramolecular Hbond substituents is 1. The molecule has 2 aromatic rings. The van der Waals surface area contributed by atoms with Gasteiger partial charge in [0.2, 0.25) is 16.3 Å². The van der Waals surface area contributed by atoms with Gasteiger partial charge >= 0.3 is 6.18 Å². The summed E-state index contributed by atoms with van der Waals surface area (Å²) in [5, 5.41) is 12.2. The lowest BCUT2D eigenvalue weighted by Gasteiger charge is -2.37. The number of fused-ring (bicyclic) bond motifs is 1. The van der Waals surface area contributed by atoms with E-state index >= 15 is 0 Å². The Morgan fingerprint density at radius 1 is 1.18 bits per heavy atom. The number of rotatable bonds is 4. The van der Waals surface area contributed by atoms with Crippen molar-refractivity contribution in [2.24, 2.45) is 0 Å². The standard InChI is InChI=1S/C20H18F5N3O5S/c1-27-13-5-9(18(30)26-10-7-28(8-10)34(2,31)32)3-4-14(13)33-19(27)11-6-12(20(23,24)25)16(22)17(29)15(11)21/h3-6,10,19,29H,7-8H2,1-2H3,(H,26,30). The molecule has 1 amide bonds. The molecule has 0 bridgehead atoms. The molecule has 2 aliphatic heterocycles. The molecular formula is C20H18F5N3O5S. The van der Waals surface area contributed by atoms with E-state index in [2.05, 4.69) is 5.32 Å². The molecule has 1 fully saturated rings. The first-order chi connectivity index (χ1) is 15.7. The van der Waals surface area contributed by atoms with Crippen molar-refractivity contribution in [2.75, 3.05) is 31.3 Å². The highest BCUT2D eigenvalue weighted by Gasteiger charge is 2.41. The lowest BCUT2D eigenvalue weighted by atomic mass is 10.1. The van der Waals surface area contributed by atoms with Gasteiger partial charge in [-0.25, -0.2) is 17.2 Å². The van der Waals surface area contributed by atoms with Crippen molar-refractivity contribution in [3.8, 4) is 11.5 Å². The number of nitrogens with zero attached hydrogens (tertiary/aromatic N) is 2.